The normalized spacial score (nSPS) is 16.5. The third kappa shape index (κ3) is 2.62. The molecular formula is C10H17N5O2. The first-order valence-corrected chi connectivity index (χ1v) is 5.80. The highest BCUT2D eigenvalue weighted by Gasteiger charge is 2.18. The van der Waals surface area contributed by atoms with Crippen LogP contribution in [0.5, 0.6) is 0 Å². The quantitative estimate of drug-likeness (QED) is 0.721. The van der Waals surface area contributed by atoms with Crippen LogP contribution in [0.4, 0.5) is 0 Å². The second-order valence-electron chi connectivity index (χ2n) is 4.17. The fraction of sp³-hybridized carbons (Fsp3) is 0.700. The van der Waals surface area contributed by atoms with Crippen LogP contribution in [-0.2, 0) is 13.1 Å². The zero-order valence-corrected chi connectivity index (χ0v) is 9.67. The van der Waals surface area contributed by atoms with E-state index in [0.717, 1.165) is 19.6 Å². The first kappa shape index (κ1) is 12.0. The molecule has 0 aliphatic carbocycles. The first-order chi connectivity index (χ1) is 8.22. The van der Waals surface area contributed by atoms with Gasteiger partial charge in [-0.15, -0.1) is 5.10 Å². The van der Waals surface area contributed by atoms with E-state index < -0.39 is 5.97 Å². The summed E-state index contributed by atoms with van der Waals surface area (Å²) in [7, 11) is 0. The maximum absolute atomic E-state index is 10.9. The van der Waals surface area contributed by atoms with Gasteiger partial charge < -0.3 is 15.7 Å². The van der Waals surface area contributed by atoms with Gasteiger partial charge in [0.15, 0.2) is 5.69 Å². The summed E-state index contributed by atoms with van der Waals surface area (Å²) in [5.41, 5.74) is 6.00. The molecule has 1 aromatic heterocycles. The third-order valence-corrected chi connectivity index (χ3v) is 3.06. The minimum Gasteiger partial charge on any atom is -0.476 e. The van der Waals surface area contributed by atoms with Gasteiger partial charge in [0.25, 0.3) is 0 Å². The molecule has 1 aliphatic rings. The van der Waals surface area contributed by atoms with E-state index in [2.05, 4.69) is 15.2 Å². The predicted molar refractivity (Wildman–Crippen MR) is 60.5 cm³/mol. The Bertz CT molecular complexity index is 397. The highest BCUT2D eigenvalue weighted by molar-refractivity contribution is 5.86. The molecule has 0 amide bonds. The standard InChI is InChI=1S/C10H17N5O2/c11-7-8-9(10(16)17)12-13-15(8)6-5-14-3-1-2-4-14/h1-7,11H2,(H,16,17). The molecule has 7 nitrogen and oxygen atoms in total. The lowest BCUT2D eigenvalue weighted by Gasteiger charge is -2.14. The number of hydrogen-bond acceptors (Lipinski definition) is 5. The van der Waals surface area contributed by atoms with Crippen LogP contribution in [0.15, 0.2) is 0 Å². The summed E-state index contributed by atoms with van der Waals surface area (Å²) >= 11 is 0. The van der Waals surface area contributed by atoms with Gasteiger partial charge in [-0.1, -0.05) is 5.21 Å². The van der Waals surface area contributed by atoms with Gasteiger partial charge in [-0.3, -0.25) is 0 Å². The van der Waals surface area contributed by atoms with Gasteiger partial charge in [0.1, 0.15) is 0 Å². The van der Waals surface area contributed by atoms with Crippen LogP contribution in [0.2, 0.25) is 0 Å². The molecule has 0 aromatic carbocycles. The Morgan fingerprint density at radius 2 is 2.06 bits per heavy atom. The highest BCUT2D eigenvalue weighted by Crippen LogP contribution is 2.09. The summed E-state index contributed by atoms with van der Waals surface area (Å²) in [4.78, 5) is 13.2. The van der Waals surface area contributed by atoms with E-state index in [9.17, 15) is 4.79 Å². The number of carboxylic acid groups (broad SMARTS) is 1. The van der Waals surface area contributed by atoms with Crippen LogP contribution in [0.25, 0.3) is 0 Å². The molecule has 1 saturated heterocycles. The van der Waals surface area contributed by atoms with Crippen molar-refractivity contribution in [3.8, 4) is 0 Å². The second kappa shape index (κ2) is 5.24. The van der Waals surface area contributed by atoms with Crippen molar-refractivity contribution in [2.24, 2.45) is 5.73 Å². The predicted octanol–water partition coefficient (Wildman–Crippen LogP) is -0.469. The number of carboxylic acids is 1. The molecule has 0 spiro atoms. The Labute approximate surface area is 99.2 Å². The molecule has 1 aromatic rings. The Hall–Kier alpha value is -1.47. The number of rotatable bonds is 5. The summed E-state index contributed by atoms with van der Waals surface area (Å²) in [6.45, 7) is 3.88. The maximum atomic E-state index is 10.9. The first-order valence-electron chi connectivity index (χ1n) is 5.80. The van der Waals surface area contributed by atoms with Crippen molar-refractivity contribution in [1.82, 2.24) is 19.9 Å². The number of hydrogen-bond donors (Lipinski definition) is 2. The number of likely N-dealkylation sites (tertiary alicyclic amines) is 1. The van der Waals surface area contributed by atoms with Gasteiger partial charge >= 0.3 is 5.97 Å². The molecule has 1 fully saturated rings. The molecule has 7 heteroatoms. The smallest absolute Gasteiger partial charge is 0.358 e. The summed E-state index contributed by atoms with van der Waals surface area (Å²) in [6.07, 6.45) is 2.48. The molecule has 94 valence electrons. The number of nitrogens with zero attached hydrogens (tertiary/aromatic N) is 4. The van der Waals surface area contributed by atoms with Crippen molar-refractivity contribution in [2.75, 3.05) is 19.6 Å². The summed E-state index contributed by atoms with van der Waals surface area (Å²) in [5.74, 6) is -1.07. The summed E-state index contributed by atoms with van der Waals surface area (Å²) in [5, 5.41) is 16.4. The molecule has 2 heterocycles. The van der Waals surface area contributed by atoms with Gasteiger partial charge in [0, 0.05) is 13.1 Å². The minimum atomic E-state index is -1.07. The monoisotopic (exact) mass is 239 g/mol. The van der Waals surface area contributed by atoms with Crippen LogP contribution in [0.1, 0.15) is 29.0 Å². The van der Waals surface area contributed by atoms with Crippen LogP contribution in [-0.4, -0.2) is 50.6 Å². The van der Waals surface area contributed by atoms with Gasteiger partial charge in [0.05, 0.1) is 12.2 Å². The molecule has 0 saturated carbocycles. The average Bonchev–Trinajstić information content (AvgIpc) is 2.95. The van der Waals surface area contributed by atoms with E-state index in [1.54, 1.807) is 4.68 Å². The molecule has 1 aliphatic heterocycles. The minimum absolute atomic E-state index is 0.0334. The van der Waals surface area contributed by atoms with E-state index in [-0.39, 0.29) is 12.2 Å². The van der Waals surface area contributed by atoms with Gasteiger partial charge in [-0.2, -0.15) is 0 Å². The molecule has 2 rings (SSSR count). The lowest BCUT2D eigenvalue weighted by molar-refractivity contribution is 0.0689. The van der Waals surface area contributed by atoms with Crippen molar-refractivity contribution < 1.29 is 9.90 Å². The lowest BCUT2D eigenvalue weighted by atomic mass is 10.3. The Balaban J connectivity index is 2.02. The van der Waals surface area contributed by atoms with Crippen LogP contribution >= 0.6 is 0 Å². The van der Waals surface area contributed by atoms with Crippen molar-refractivity contribution >= 4 is 5.97 Å². The molecule has 3 N–H and O–H groups in total. The summed E-state index contributed by atoms with van der Waals surface area (Å²) in [6, 6.07) is 0. The SMILES string of the molecule is NCc1c(C(=O)O)nnn1CCN1CCCC1. The Kier molecular flexibility index (Phi) is 3.70. The highest BCUT2D eigenvalue weighted by atomic mass is 16.4. The van der Waals surface area contributed by atoms with Crippen LogP contribution in [0, 0.1) is 0 Å². The molecular weight excluding hydrogens is 222 g/mol. The van der Waals surface area contributed by atoms with Crippen LogP contribution < -0.4 is 5.73 Å². The fourth-order valence-corrected chi connectivity index (χ4v) is 2.12. The van der Waals surface area contributed by atoms with E-state index in [4.69, 9.17) is 10.8 Å². The fourth-order valence-electron chi connectivity index (χ4n) is 2.12. The lowest BCUT2D eigenvalue weighted by Crippen LogP contribution is -2.25. The van der Waals surface area contributed by atoms with Gasteiger partial charge in [-0.05, 0) is 25.9 Å². The largest absolute Gasteiger partial charge is 0.476 e. The van der Waals surface area contributed by atoms with Crippen LogP contribution in [0.3, 0.4) is 0 Å². The van der Waals surface area contributed by atoms with Crippen molar-refractivity contribution in [1.29, 1.82) is 0 Å². The zero-order chi connectivity index (χ0) is 12.3. The zero-order valence-electron chi connectivity index (χ0n) is 9.67. The Morgan fingerprint density at radius 1 is 1.35 bits per heavy atom. The Morgan fingerprint density at radius 3 is 2.65 bits per heavy atom. The molecule has 17 heavy (non-hydrogen) atoms. The molecule has 0 radical (unpaired) electrons. The molecule has 0 atom stereocenters. The van der Waals surface area contributed by atoms with Crippen molar-refractivity contribution in [3.63, 3.8) is 0 Å². The topological polar surface area (TPSA) is 97.3 Å². The molecule has 0 unspecified atom stereocenters. The number of aromatic nitrogens is 3. The second-order valence-corrected chi connectivity index (χ2v) is 4.17. The van der Waals surface area contributed by atoms with Crippen molar-refractivity contribution in [3.05, 3.63) is 11.4 Å². The average molecular weight is 239 g/mol. The van der Waals surface area contributed by atoms with Gasteiger partial charge in [0.2, 0.25) is 0 Å². The third-order valence-electron chi connectivity index (χ3n) is 3.06. The maximum Gasteiger partial charge on any atom is 0.358 e. The number of aromatic carboxylic acids is 1. The van der Waals surface area contributed by atoms with E-state index in [1.807, 2.05) is 0 Å². The molecule has 0 bridgehead atoms. The number of carbonyl (C=O) groups is 1. The number of nitrogens with two attached hydrogens (primary N) is 1. The van der Waals surface area contributed by atoms with Crippen molar-refractivity contribution in [2.45, 2.75) is 25.9 Å². The van der Waals surface area contributed by atoms with E-state index >= 15 is 0 Å². The van der Waals surface area contributed by atoms with E-state index in [1.165, 1.54) is 12.8 Å². The summed E-state index contributed by atoms with van der Waals surface area (Å²) < 4.78 is 1.60. The van der Waals surface area contributed by atoms with E-state index in [0.29, 0.717) is 12.2 Å². The van der Waals surface area contributed by atoms with Gasteiger partial charge in [-0.25, -0.2) is 9.48 Å².